The van der Waals surface area contributed by atoms with Crippen molar-refractivity contribution in [2.75, 3.05) is 0 Å². The first-order valence-corrected chi connectivity index (χ1v) is 6.27. The molecule has 0 saturated heterocycles. The Labute approximate surface area is 115 Å². The maximum atomic E-state index is 12.3. The van der Waals surface area contributed by atoms with Crippen molar-refractivity contribution >= 4 is 23.0 Å². The molecule has 94 valence electrons. The van der Waals surface area contributed by atoms with Gasteiger partial charge in [0.15, 0.2) is 5.78 Å². The first-order chi connectivity index (χ1) is 9.83. The Hall–Kier alpha value is -2.88. The molecule has 0 saturated carbocycles. The number of nitrogens with zero attached hydrogens (tertiary/aromatic N) is 3. The summed E-state index contributed by atoms with van der Waals surface area (Å²) in [5, 5.41) is 11.2. The van der Waals surface area contributed by atoms with Gasteiger partial charge in [0, 0.05) is 11.1 Å². The van der Waals surface area contributed by atoms with E-state index in [1.807, 2.05) is 36.4 Å². The lowest BCUT2D eigenvalue weighted by atomic mass is 9.91. The van der Waals surface area contributed by atoms with E-state index >= 15 is 0 Å². The number of carbonyl (C=O) groups excluding carboxylic acids is 1. The van der Waals surface area contributed by atoms with Gasteiger partial charge in [-0.15, -0.1) is 10.2 Å². The molecule has 2 aliphatic rings. The summed E-state index contributed by atoms with van der Waals surface area (Å²) in [7, 11) is 0. The Kier molecular flexibility index (Phi) is 2.23. The van der Waals surface area contributed by atoms with Crippen molar-refractivity contribution in [1.82, 2.24) is 15.4 Å². The monoisotopic (exact) mass is 259 g/mol. The van der Waals surface area contributed by atoms with Crippen LogP contribution in [0.4, 0.5) is 0 Å². The smallest absolute Gasteiger partial charge is 0.187 e. The number of ketones is 1. The summed E-state index contributed by atoms with van der Waals surface area (Å²) in [5.41, 5.74) is 5.30. The Bertz CT molecular complexity index is 817. The zero-order chi connectivity index (χ0) is 13.5. The van der Waals surface area contributed by atoms with E-state index in [0.717, 1.165) is 27.8 Å². The summed E-state index contributed by atoms with van der Waals surface area (Å²) in [6.45, 7) is 0. The van der Waals surface area contributed by atoms with Crippen molar-refractivity contribution in [2.24, 2.45) is 0 Å². The number of hydrogen-bond donors (Lipinski definition) is 0. The summed E-state index contributed by atoms with van der Waals surface area (Å²) in [5.74, 6) is 0.00677. The molecular formula is C16H9N3O. The van der Waals surface area contributed by atoms with Gasteiger partial charge in [-0.05, 0) is 46.2 Å². The molecule has 1 heterocycles. The average molecular weight is 259 g/mol. The van der Waals surface area contributed by atoms with Crippen LogP contribution in [0.1, 0.15) is 16.8 Å². The van der Waals surface area contributed by atoms with Crippen LogP contribution >= 0.6 is 0 Å². The van der Waals surface area contributed by atoms with Crippen LogP contribution in [0, 0.1) is 0 Å². The minimum atomic E-state index is 0.00677. The standard InChI is InChI=1S/C16H9N3O/c20-16-9-11(15-5-6-17-19-18-15)8-13-12-4-2-1-3-10(12)7-14(13)16/h1-9H. The molecule has 4 heteroatoms. The molecule has 4 rings (SSSR count). The van der Waals surface area contributed by atoms with Gasteiger partial charge in [0.05, 0.1) is 11.9 Å². The Balaban J connectivity index is 1.89. The molecule has 0 bridgehead atoms. The van der Waals surface area contributed by atoms with Crippen LogP contribution in [0.2, 0.25) is 0 Å². The fourth-order valence-corrected chi connectivity index (χ4v) is 2.56. The minimum Gasteiger partial charge on any atom is -0.289 e. The molecule has 1 aromatic carbocycles. The van der Waals surface area contributed by atoms with Gasteiger partial charge in [-0.25, -0.2) is 0 Å². The fraction of sp³-hybridized carbons (Fsp3) is 0. The number of benzene rings is 1. The number of aromatic nitrogens is 3. The van der Waals surface area contributed by atoms with E-state index in [-0.39, 0.29) is 5.78 Å². The molecule has 0 atom stereocenters. The summed E-state index contributed by atoms with van der Waals surface area (Å²) in [6, 6.07) is 9.74. The van der Waals surface area contributed by atoms with Crippen molar-refractivity contribution in [3.05, 3.63) is 71.1 Å². The van der Waals surface area contributed by atoms with Crippen molar-refractivity contribution in [1.29, 1.82) is 0 Å². The van der Waals surface area contributed by atoms with Crippen molar-refractivity contribution in [2.45, 2.75) is 0 Å². The molecule has 0 N–H and O–H groups in total. The molecular weight excluding hydrogens is 250 g/mol. The molecule has 0 fully saturated rings. The van der Waals surface area contributed by atoms with Gasteiger partial charge in [-0.1, -0.05) is 24.3 Å². The van der Waals surface area contributed by atoms with Crippen LogP contribution in [-0.2, 0) is 4.79 Å². The molecule has 0 spiro atoms. The van der Waals surface area contributed by atoms with E-state index in [9.17, 15) is 4.79 Å². The van der Waals surface area contributed by atoms with E-state index in [4.69, 9.17) is 0 Å². The first kappa shape index (κ1) is 11.0. The summed E-state index contributed by atoms with van der Waals surface area (Å²) in [6.07, 6.45) is 7.10. The maximum Gasteiger partial charge on any atom is 0.187 e. The van der Waals surface area contributed by atoms with Crippen molar-refractivity contribution < 1.29 is 4.79 Å². The number of rotatable bonds is 1. The van der Waals surface area contributed by atoms with Crippen LogP contribution in [-0.4, -0.2) is 21.2 Å². The normalized spacial score (nSPS) is 16.0. The van der Waals surface area contributed by atoms with E-state index in [2.05, 4.69) is 15.4 Å². The zero-order valence-corrected chi connectivity index (χ0v) is 10.4. The molecule has 0 unspecified atom stereocenters. The molecule has 2 aliphatic carbocycles. The quantitative estimate of drug-likeness (QED) is 0.788. The predicted octanol–water partition coefficient (Wildman–Crippen LogP) is 2.32. The molecule has 4 nitrogen and oxygen atoms in total. The average Bonchev–Trinajstić information content (AvgIpc) is 2.88. The molecule has 2 aromatic rings. The third-order valence-electron chi connectivity index (χ3n) is 3.49. The summed E-state index contributed by atoms with van der Waals surface area (Å²) >= 11 is 0. The fourth-order valence-electron chi connectivity index (χ4n) is 2.56. The Morgan fingerprint density at radius 1 is 0.900 bits per heavy atom. The van der Waals surface area contributed by atoms with Gasteiger partial charge >= 0.3 is 0 Å². The summed E-state index contributed by atoms with van der Waals surface area (Å²) < 4.78 is 0. The Morgan fingerprint density at radius 3 is 2.65 bits per heavy atom. The third kappa shape index (κ3) is 1.55. The first-order valence-electron chi connectivity index (χ1n) is 6.27. The van der Waals surface area contributed by atoms with E-state index in [1.165, 1.54) is 0 Å². The van der Waals surface area contributed by atoms with Crippen LogP contribution in [0.25, 0.3) is 17.2 Å². The second-order valence-corrected chi connectivity index (χ2v) is 4.67. The van der Waals surface area contributed by atoms with Gasteiger partial charge in [0.2, 0.25) is 0 Å². The largest absolute Gasteiger partial charge is 0.289 e. The van der Waals surface area contributed by atoms with Gasteiger partial charge < -0.3 is 0 Å². The van der Waals surface area contributed by atoms with Crippen molar-refractivity contribution in [3.8, 4) is 0 Å². The molecule has 0 amide bonds. The van der Waals surface area contributed by atoms with Crippen LogP contribution < -0.4 is 0 Å². The van der Waals surface area contributed by atoms with Gasteiger partial charge in [0.1, 0.15) is 0 Å². The highest BCUT2D eigenvalue weighted by Crippen LogP contribution is 2.40. The highest BCUT2D eigenvalue weighted by Gasteiger charge is 2.26. The second kappa shape index (κ2) is 4.06. The highest BCUT2D eigenvalue weighted by molar-refractivity contribution is 6.27. The van der Waals surface area contributed by atoms with E-state index < -0.39 is 0 Å². The third-order valence-corrected chi connectivity index (χ3v) is 3.49. The molecule has 20 heavy (non-hydrogen) atoms. The number of allylic oxidation sites excluding steroid dienone is 5. The van der Waals surface area contributed by atoms with Crippen LogP contribution in [0.3, 0.4) is 0 Å². The molecule has 1 aromatic heterocycles. The minimum absolute atomic E-state index is 0.00677. The van der Waals surface area contributed by atoms with Gasteiger partial charge in [-0.3, -0.25) is 4.79 Å². The topological polar surface area (TPSA) is 55.7 Å². The lowest BCUT2D eigenvalue weighted by Crippen LogP contribution is -2.05. The number of carbonyl (C=O) groups is 1. The van der Waals surface area contributed by atoms with Crippen LogP contribution in [0.5, 0.6) is 0 Å². The number of hydrogen-bond acceptors (Lipinski definition) is 4. The lowest BCUT2D eigenvalue weighted by molar-refractivity contribution is -0.110. The maximum absolute atomic E-state index is 12.3. The summed E-state index contributed by atoms with van der Waals surface area (Å²) in [4.78, 5) is 12.3. The van der Waals surface area contributed by atoms with Crippen LogP contribution in [0.15, 0.2) is 54.3 Å². The molecule has 0 aliphatic heterocycles. The van der Waals surface area contributed by atoms with Gasteiger partial charge in [0.25, 0.3) is 0 Å². The lowest BCUT2D eigenvalue weighted by Gasteiger charge is -2.12. The number of fused-ring (bicyclic) bond motifs is 3. The van der Waals surface area contributed by atoms with E-state index in [0.29, 0.717) is 5.69 Å². The second-order valence-electron chi connectivity index (χ2n) is 4.67. The van der Waals surface area contributed by atoms with Gasteiger partial charge in [-0.2, -0.15) is 0 Å². The molecule has 0 radical (unpaired) electrons. The van der Waals surface area contributed by atoms with E-state index in [1.54, 1.807) is 18.3 Å². The highest BCUT2D eigenvalue weighted by atomic mass is 16.1. The SMILES string of the molecule is O=C1C=C(c2ccnnn2)C=C2C1=Cc1ccccc12. The zero-order valence-electron chi connectivity index (χ0n) is 10.4. The van der Waals surface area contributed by atoms with Crippen molar-refractivity contribution in [3.63, 3.8) is 0 Å². The Morgan fingerprint density at radius 2 is 1.80 bits per heavy atom. The predicted molar refractivity (Wildman–Crippen MR) is 75.2 cm³/mol.